The summed E-state index contributed by atoms with van der Waals surface area (Å²) >= 11 is 6.09. The highest BCUT2D eigenvalue weighted by molar-refractivity contribution is 6.32. The summed E-state index contributed by atoms with van der Waals surface area (Å²) in [5.74, 6) is -0.808. The van der Waals surface area contributed by atoms with Crippen LogP contribution in [0.3, 0.4) is 0 Å². The number of benzene rings is 1. The fourth-order valence-electron chi connectivity index (χ4n) is 1.89. The predicted molar refractivity (Wildman–Crippen MR) is 99.3 cm³/mol. The maximum Gasteiger partial charge on any atom is 0.407 e. The molecule has 0 spiro atoms. The van der Waals surface area contributed by atoms with Gasteiger partial charge in [0.15, 0.2) is 18.1 Å². The lowest BCUT2D eigenvalue weighted by Crippen LogP contribution is -2.37. The maximum absolute atomic E-state index is 12.2. The second-order valence-corrected chi connectivity index (χ2v) is 6.84. The van der Waals surface area contributed by atoms with E-state index in [1.165, 1.54) is 19.2 Å². The molecule has 1 aromatic carbocycles. The molecule has 0 aliphatic carbocycles. The lowest BCUT2D eigenvalue weighted by molar-refractivity contribution is -0.119. The molecule has 0 heterocycles. The molecule has 0 unspecified atom stereocenters. The molecule has 0 radical (unpaired) electrons. The molecule has 150 valence electrons. The van der Waals surface area contributed by atoms with Gasteiger partial charge in [0, 0.05) is 18.7 Å². The summed E-state index contributed by atoms with van der Waals surface area (Å²) in [4.78, 5) is 34.6. The number of hydrogen-bond donors (Lipinski definition) is 3. The van der Waals surface area contributed by atoms with E-state index < -0.39 is 23.5 Å². The van der Waals surface area contributed by atoms with Crippen LogP contribution < -0.4 is 25.8 Å². The SMILES string of the molecule is COc1cc(C(=O)NCCNC(=O)OC(C)(C)C)cc(Cl)c1OCC(N)=O. The number of nitrogens with one attached hydrogen (secondary N) is 2. The van der Waals surface area contributed by atoms with Gasteiger partial charge >= 0.3 is 6.09 Å². The minimum absolute atomic E-state index is 0.0904. The first kappa shape index (κ1) is 22.4. The summed E-state index contributed by atoms with van der Waals surface area (Å²) in [6.45, 7) is 5.24. The van der Waals surface area contributed by atoms with Crippen molar-refractivity contribution in [3.63, 3.8) is 0 Å². The van der Waals surface area contributed by atoms with Crippen LogP contribution in [0.25, 0.3) is 0 Å². The normalized spacial score (nSPS) is 10.7. The Balaban J connectivity index is 2.63. The fraction of sp³-hybridized carbons (Fsp3) is 0.471. The van der Waals surface area contributed by atoms with Crippen LogP contribution in [0.1, 0.15) is 31.1 Å². The summed E-state index contributed by atoms with van der Waals surface area (Å²) in [5, 5.41) is 5.24. The highest BCUT2D eigenvalue weighted by Crippen LogP contribution is 2.36. The van der Waals surface area contributed by atoms with Crippen LogP contribution in [0.5, 0.6) is 11.5 Å². The summed E-state index contributed by atoms with van der Waals surface area (Å²) in [5.41, 5.74) is 4.66. The van der Waals surface area contributed by atoms with Crippen LogP contribution >= 0.6 is 11.6 Å². The third-order valence-corrected chi connectivity index (χ3v) is 3.21. The van der Waals surface area contributed by atoms with E-state index >= 15 is 0 Å². The predicted octanol–water partition coefficient (Wildman–Crippen LogP) is 1.47. The van der Waals surface area contributed by atoms with Gasteiger partial charge in [0.1, 0.15) is 5.60 Å². The number of alkyl carbamates (subject to hydrolysis) is 1. The minimum atomic E-state index is -0.674. The van der Waals surface area contributed by atoms with E-state index in [2.05, 4.69) is 10.6 Å². The number of carbonyl (C=O) groups excluding carboxylic acids is 3. The molecule has 4 N–H and O–H groups in total. The molecule has 1 aromatic rings. The first-order valence-electron chi connectivity index (χ1n) is 8.07. The maximum atomic E-state index is 12.2. The first-order valence-corrected chi connectivity index (χ1v) is 8.45. The van der Waals surface area contributed by atoms with E-state index in [1.807, 2.05) is 0 Å². The van der Waals surface area contributed by atoms with Gasteiger partial charge in [-0.1, -0.05) is 11.6 Å². The molecule has 9 nitrogen and oxygen atoms in total. The fourth-order valence-corrected chi connectivity index (χ4v) is 2.16. The highest BCUT2D eigenvalue weighted by Gasteiger charge is 2.17. The molecule has 0 aromatic heterocycles. The molecule has 3 amide bonds. The number of halogens is 1. The van der Waals surface area contributed by atoms with Crippen LogP contribution in [0, 0.1) is 0 Å². The van der Waals surface area contributed by atoms with E-state index in [0.29, 0.717) is 0 Å². The second kappa shape index (κ2) is 9.86. The summed E-state index contributed by atoms with van der Waals surface area (Å²) in [6, 6.07) is 2.79. The summed E-state index contributed by atoms with van der Waals surface area (Å²) in [6.07, 6.45) is -0.572. The molecule has 1 rings (SSSR count). The molecular formula is C17H24ClN3O6. The second-order valence-electron chi connectivity index (χ2n) is 6.43. The molecule has 0 aliphatic heterocycles. The zero-order chi connectivity index (χ0) is 20.6. The Morgan fingerprint density at radius 1 is 1.15 bits per heavy atom. The van der Waals surface area contributed by atoms with Crippen LogP contribution in [-0.4, -0.2) is 50.3 Å². The van der Waals surface area contributed by atoms with Crippen molar-refractivity contribution in [3.05, 3.63) is 22.7 Å². The Morgan fingerprint density at radius 3 is 2.33 bits per heavy atom. The number of ether oxygens (including phenoxy) is 3. The van der Waals surface area contributed by atoms with Gasteiger partial charge in [-0.15, -0.1) is 0 Å². The van der Waals surface area contributed by atoms with Gasteiger partial charge in [0.05, 0.1) is 12.1 Å². The Hall–Kier alpha value is -2.68. The lowest BCUT2D eigenvalue weighted by Gasteiger charge is -2.19. The third-order valence-electron chi connectivity index (χ3n) is 2.93. The molecule has 0 atom stereocenters. The smallest absolute Gasteiger partial charge is 0.407 e. The van der Waals surface area contributed by atoms with Crippen molar-refractivity contribution < 1.29 is 28.6 Å². The average Bonchev–Trinajstić information content (AvgIpc) is 2.54. The van der Waals surface area contributed by atoms with Crippen molar-refractivity contribution in [2.24, 2.45) is 5.73 Å². The van der Waals surface area contributed by atoms with Crippen molar-refractivity contribution >= 4 is 29.5 Å². The standard InChI is InChI=1S/C17H24ClN3O6/c1-17(2,3)27-16(24)21-6-5-20-15(23)10-7-11(18)14(12(8-10)25-4)26-9-13(19)22/h7-8H,5-6,9H2,1-4H3,(H2,19,22)(H,20,23)(H,21,24). The molecule has 0 fully saturated rings. The van der Waals surface area contributed by atoms with Crippen molar-refractivity contribution in [2.45, 2.75) is 26.4 Å². The summed E-state index contributed by atoms with van der Waals surface area (Å²) in [7, 11) is 1.37. The molecule has 0 aliphatic rings. The van der Waals surface area contributed by atoms with Gasteiger partial charge in [-0.25, -0.2) is 4.79 Å². The van der Waals surface area contributed by atoms with Gasteiger partial charge in [-0.3, -0.25) is 9.59 Å². The van der Waals surface area contributed by atoms with Crippen molar-refractivity contribution in [1.82, 2.24) is 10.6 Å². The van der Waals surface area contributed by atoms with Gasteiger partial charge in [-0.05, 0) is 32.9 Å². The van der Waals surface area contributed by atoms with Crippen LogP contribution in [0.15, 0.2) is 12.1 Å². The minimum Gasteiger partial charge on any atom is -0.493 e. The van der Waals surface area contributed by atoms with Crippen LogP contribution in [0.2, 0.25) is 5.02 Å². The first-order chi connectivity index (χ1) is 12.5. The van der Waals surface area contributed by atoms with Crippen LogP contribution in [0.4, 0.5) is 4.79 Å². The van der Waals surface area contributed by atoms with E-state index in [0.717, 1.165) is 0 Å². The van der Waals surface area contributed by atoms with Crippen LogP contribution in [-0.2, 0) is 9.53 Å². The number of primary amides is 1. The van der Waals surface area contributed by atoms with E-state index in [-0.39, 0.29) is 41.8 Å². The average molecular weight is 402 g/mol. The Labute approximate surface area is 162 Å². The zero-order valence-electron chi connectivity index (χ0n) is 15.7. The number of rotatable bonds is 8. The molecular weight excluding hydrogens is 378 g/mol. The van der Waals surface area contributed by atoms with E-state index in [9.17, 15) is 14.4 Å². The largest absolute Gasteiger partial charge is 0.493 e. The zero-order valence-corrected chi connectivity index (χ0v) is 16.4. The number of carbonyl (C=O) groups is 3. The quantitative estimate of drug-likeness (QED) is 0.565. The van der Waals surface area contributed by atoms with Gasteiger partial charge in [-0.2, -0.15) is 0 Å². The van der Waals surface area contributed by atoms with E-state index in [1.54, 1.807) is 20.8 Å². The highest BCUT2D eigenvalue weighted by atomic mass is 35.5. The van der Waals surface area contributed by atoms with Gasteiger partial charge in [0.2, 0.25) is 0 Å². The monoisotopic (exact) mass is 401 g/mol. The number of methoxy groups -OCH3 is 1. The van der Waals surface area contributed by atoms with Gasteiger partial charge in [0.25, 0.3) is 11.8 Å². The number of nitrogens with two attached hydrogens (primary N) is 1. The topological polar surface area (TPSA) is 129 Å². The number of amides is 3. The Morgan fingerprint density at radius 2 is 1.78 bits per heavy atom. The Kier molecular flexibility index (Phi) is 8.17. The lowest BCUT2D eigenvalue weighted by atomic mass is 10.2. The van der Waals surface area contributed by atoms with Crippen molar-refractivity contribution in [2.75, 3.05) is 26.8 Å². The van der Waals surface area contributed by atoms with Crippen molar-refractivity contribution in [1.29, 1.82) is 0 Å². The Bertz CT molecular complexity index is 703. The van der Waals surface area contributed by atoms with Gasteiger partial charge < -0.3 is 30.6 Å². The molecule has 0 saturated carbocycles. The molecule has 10 heteroatoms. The summed E-state index contributed by atoms with van der Waals surface area (Å²) < 4.78 is 15.4. The van der Waals surface area contributed by atoms with E-state index in [4.69, 9.17) is 31.5 Å². The number of hydrogen-bond acceptors (Lipinski definition) is 6. The molecule has 27 heavy (non-hydrogen) atoms. The third kappa shape index (κ3) is 8.04. The molecule has 0 bridgehead atoms. The van der Waals surface area contributed by atoms with Crippen molar-refractivity contribution in [3.8, 4) is 11.5 Å². The molecule has 0 saturated heterocycles.